The van der Waals surface area contributed by atoms with Gasteiger partial charge in [-0.15, -0.1) is 0 Å². The van der Waals surface area contributed by atoms with Crippen LogP contribution in [0.1, 0.15) is 10.5 Å². The van der Waals surface area contributed by atoms with E-state index >= 15 is 0 Å². The van der Waals surface area contributed by atoms with E-state index in [0.717, 1.165) is 0 Å². The Morgan fingerprint density at radius 2 is 1.87 bits per heavy atom. The van der Waals surface area contributed by atoms with Crippen molar-refractivity contribution in [3.05, 3.63) is 30.0 Å². The zero-order chi connectivity index (χ0) is 16.7. The van der Waals surface area contributed by atoms with Gasteiger partial charge in [0.05, 0.1) is 7.11 Å². The molecule has 2 rings (SSSR count). The Labute approximate surface area is 131 Å². The Morgan fingerprint density at radius 1 is 1.17 bits per heavy atom. The van der Waals surface area contributed by atoms with E-state index in [0.29, 0.717) is 11.4 Å². The standard InChI is InChI=1S/C13H16N6O4/c1-22-9-4-2-8(3-5-9)17-13(21)16-7-6-15-12(20)10-11(14)19-23-18-10/h2-5H,6-7H2,1H3,(H2,14,19)(H,15,20)(H2,16,17,21). The maximum atomic E-state index is 11.7. The number of methoxy groups -OCH3 is 1. The molecule has 0 saturated carbocycles. The number of nitrogens with one attached hydrogen (secondary N) is 3. The van der Waals surface area contributed by atoms with Gasteiger partial charge in [0.2, 0.25) is 11.5 Å². The lowest BCUT2D eigenvalue weighted by atomic mass is 10.3. The van der Waals surface area contributed by atoms with Gasteiger partial charge in [-0.2, -0.15) is 0 Å². The number of hydrogen-bond acceptors (Lipinski definition) is 7. The SMILES string of the molecule is COc1ccc(NC(=O)NCCNC(=O)c2nonc2N)cc1. The summed E-state index contributed by atoms with van der Waals surface area (Å²) in [5.41, 5.74) is 5.91. The average molecular weight is 320 g/mol. The van der Waals surface area contributed by atoms with Crippen molar-refractivity contribution < 1.29 is 19.0 Å². The lowest BCUT2D eigenvalue weighted by Crippen LogP contribution is -2.37. The van der Waals surface area contributed by atoms with Crippen LogP contribution in [0.25, 0.3) is 0 Å². The molecule has 1 heterocycles. The zero-order valence-corrected chi connectivity index (χ0v) is 12.3. The molecule has 0 bridgehead atoms. The Hall–Kier alpha value is -3.30. The highest BCUT2D eigenvalue weighted by atomic mass is 16.6. The minimum atomic E-state index is -0.527. The summed E-state index contributed by atoms with van der Waals surface area (Å²) >= 11 is 0. The number of nitrogens with two attached hydrogens (primary N) is 1. The number of carbonyl (C=O) groups is 2. The predicted molar refractivity (Wildman–Crippen MR) is 81.1 cm³/mol. The van der Waals surface area contributed by atoms with Crippen LogP contribution in [0.3, 0.4) is 0 Å². The first-order valence-electron chi connectivity index (χ1n) is 6.65. The highest BCUT2D eigenvalue weighted by Gasteiger charge is 2.15. The molecule has 0 fully saturated rings. The molecule has 1 aromatic carbocycles. The van der Waals surface area contributed by atoms with E-state index in [1.54, 1.807) is 31.4 Å². The van der Waals surface area contributed by atoms with E-state index in [9.17, 15) is 9.59 Å². The number of urea groups is 1. The molecule has 0 saturated heterocycles. The summed E-state index contributed by atoms with van der Waals surface area (Å²) in [4.78, 5) is 23.3. The van der Waals surface area contributed by atoms with Gasteiger partial charge >= 0.3 is 6.03 Å². The van der Waals surface area contributed by atoms with E-state index in [1.165, 1.54) is 0 Å². The van der Waals surface area contributed by atoms with Gasteiger partial charge in [0.25, 0.3) is 5.91 Å². The molecule has 3 amide bonds. The molecule has 23 heavy (non-hydrogen) atoms. The molecule has 0 radical (unpaired) electrons. The fourth-order valence-electron chi connectivity index (χ4n) is 1.64. The second-order valence-electron chi connectivity index (χ2n) is 4.36. The summed E-state index contributed by atoms with van der Waals surface area (Å²) in [7, 11) is 1.56. The Morgan fingerprint density at radius 3 is 2.48 bits per heavy atom. The second kappa shape index (κ2) is 7.64. The van der Waals surface area contributed by atoms with Crippen LogP contribution in [0.15, 0.2) is 28.9 Å². The van der Waals surface area contributed by atoms with Crippen LogP contribution in [0, 0.1) is 0 Å². The molecule has 10 nitrogen and oxygen atoms in total. The van der Waals surface area contributed by atoms with Crippen LogP contribution in [0.2, 0.25) is 0 Å². The third-order valence-electron chi connectivity index (χ3n) is 2.77. The molecule has 0 aliphatic carbocycles. The summed E-state index contributed by atoms with van der Waals surface area (Å²) in [6.45, 7) is 0.417. The van der Waals surface area contributed by atoms with Crippen molar-refractivity contribution in [1.29, 1.82) is 0 Å². The maximum Gasteiger partial charge on any atom is 0.319 e. The molecule has 0 spiro atoms. The number of nitrogens with zero attached hydrogens (tertiary/aromatic N) is 2. The molecular weight excluding hydrogens is 304 g/mol. The first kappa shape index (κ1) is 16.1. The van der Waals surface area contributed by atoms with Crippen molar-refractivity contribution in [3.63, 3.8) is 0 Å². The van der Waals surface area contributed by atoms with Gasteiger partial charge in [-0.1, -0.05) is 0 Å². The predicted octanol–water partition coefficient (Wildman–Crippen LogP) is 0.212. The smallest absolute Gasteiger partial charge is 0.319 e. The van der Waals surface area contributed by atoms with Gasteiger partial charge in [0.1, 0.15) is 5.75 Å². The van der Waals surface area contributed by atoms with Crippen LogP contribution in [0.5, 0.6) is 5.75 Å². The number of rotatable bonds is 6. The largest absolute Gasteiger partial charge is 0.497 e. The molecule has 122 valence electrons. The van der Waals surface area contributed by atoms with Gasteiger partial charge in [-0.25, -0.2) is 9.42 Å². The fourth-order valence-corrected chi connectivity index (χ4v) is 1.64. The number of carbonyl (C=O) groups excluding carboxylic acids is 2. The highest BCUT2D eigenvalue weighted by Crippen LogP contribution is 2.14. The van der Waals surface area contributed by atoms with Gasteiger partial charge in [-0.3, -0.25) is 4.79 Å². The van der Waals surface area contributed by atoms with Crippen molar-refractivity contribution in [2.75, 3.05) is 31.2 Å². The summed E-state index contributed by atoms with van der Waals surface area (Å²) in [5.74, 6) is 0.0779. The third kappa shape index (κ3) is 4.59. The van der Waals surface area contributed by atoms with Gasteiger partial charge in [-0.05, 0) is 34.6 Å². The zero-order valence-electron chi connectivity index (χ0n) is 12.3. The fraction of sp³-hybridized carbons (Fsp3) is 0.231. The molecule has 10 heteroatoms. The Bertz CT molecular complexity index is 669. The first-order chi connectivity index (χ1) is 11.1. The molecule has 5 N–H and O–H groups in total. The van der Waals surface area contributed by atoms with Crippen molar-refractivity contribution in [3.8, 4) is 5.75 Å². The van der Waals surface area contributed by atoms with Gasteiger partial charge in [0, 0.05) is 18.8 Å². The number of anilines is 2. The number of benzene rings is 1. The van der Waals surface area contributed by atoms with Gasteiger partial charge < -0.3 is 26.4 Å². The minimum absolute atomic E-state index is 0.0901. The Balaban J connectivity index is 1.68. The molecule has 0 unspecified atom stereocenters. The third-order valence-corrected chi connectivity index (χ3v) is 2.77. The summed E-state index contributed by atoms with van der Waals surface area (Å²) in [6.07, 6.45) is 0. The summed E-state index contributed by atoms with van der Waals surface area (Å²) < 4.78 is 9.34. The number of hydrogen-bond donors (Lipinski definition) is 4. The molecule has 0 aliphatic heterocycles. The normalized spacial score (nSPS) is 9.96. The number of amides is 3. The van der Waals surface area contributed by atoms with Crippen molar-refractivity contribution in [2.45, 2.75) is 0 Å². The lowest BCUT2D eigenvalue weighted by Gasteiger charge is -2.08. The molecule has 1 aromatic heterocycles. The lowest BCUT2D eigenvalue weighted by molar-refractivity contribution is 0.0944. The van der Waals surface area contributed by atoms with Gasteiger partial charge in [0.15, 0.2) is 0 Å². The second-order valence-corrected chi connectivity index (χ2v) is 4.36. The monoisotopic (exact) mass is 320 g/mol. The van der Waals surface area contributed by atoms with E-state index in [2.05, 4.69) is 30.9 Å². The summed E-state index contributed by atoms with van der Waals surface area (Å²) in [6, 6.07) is 6.48. The van der Waals surface area contributed by atoms with Crippen LogP contribution >= 0.6 is 0 Å². The van der Waals surface area contributed by atoms with Crippen molar-refractivity contribution >= 4 is 23.4 Å². The molecular formula is C13H16N6O4. The van der Waals surface area contributed by atoms with Crippen molar-refractivity contribution in [2.24, 2.45) is 0 Å². The van der Waals surface area contributed by atoms with E-state index < -0.39 is 11.9 Å². The highest BCUT2D eigenvalue weighted by molar-refractivity contribution is 5.96. The van der Waals surface area contributed by atoms with E-state index in [4.69, 9.17) is 10.5 Å². The number of aromatic nitrogens is 2. The topological polar surface area (TPSA) is 144 Å². The molecule has 0 atom stereocenters. The van der Waals surface area contributed by atoms with E-state index in [1.807, 2.05) is 0 Å². The minimum Gasteiger partial charge on any atom is -0.497 e. The van der Waals surface area contributed by atoms with E-state index in [-0.39, 0.29) is 24.6 Å². The number of nitrogen functional groups attached to an aromatic ring is 1. The molecule has 2 aromatic rings. The van der Waals surface area contributed by atoms with Crippen LogP contribution < -0.4 is 26.4 Å². The quantitative estimate of drug-likeness (QED) is 0.557. The van der Waals surface area contributed by atoms with Crippen molar-refractivity contribution in [1.82, 2.24) is 20.9 Å². The Kier molecular flexibility index (Phi) is 5.34. The molecule has 0 aliphatic rings. The van der Waals surface area contributed by atoms with Crippen LogP contribution in [-0.2, 0) is 0 Å². The average Bonchev–Trinajstić information content (AvgIpc) is 2.98. The number of ether oxygens (including phenoxy) is 1. The first-order valence-corrected chi connectivity index (χ1v) is 6.65. The maximum absolute atomic E-state index is 11.7. The van der Waals surface area contributed by atoms with Crippen LogP contribution in [0.4, 0.5) is 16.3 Å². The summed E-state index contributed by atoms with van der Waals surface area (Å²) in [5, 5.41) is 14.4. The van der Waals surface area contributed by atoms with Crippen LogP contribution in [-0.4, -0.2) is 42.5 Å².